The van der Waals surface area contributed by atoms with Gasteiger partial charge in [0, 0.05) is 18.4 Å². The lowest BCUT2D eigenvalue weighted by atomic mass is 9.92. The molecule has 0 aliphatic carbocycles. The molecule has 2 aromatic heterocycles. The second-order valence-corrected chi connectivity index (χ2v) is 6.53. The Morgan fingerprint density at radius 1 is 1.28 bits per heavy atom. The Hall–Kier alpha value is -2.80. The van der Waals surface area contributed by atoms with Gasteiger partial charge in [-0.2, -0.15) is 11.3 Å². The van der Waals surface area contributed by atoms with Crippen molar-refractivity contribution in [2.24, 2.45) is 0 Å². The first-order chi connectivity index (χ1) is 12.2. The molecule has 1 amide bonds. The van der Waals surface area contributed by atoms with Gasteiger partial charge >= 0.3 is 0 Å². The van der Waals surface area contributed by atoms with E-state index < -0.39 is 0 Å². The van der Waals surface area contributed by atoms with Crippen LogP contribution in [0.15, 0.2) is 41.4 Å². The second kappa shape index (κ2) is 6.25. The molecule has 0 fully saturated rings. The summed E-state index contributed by atoms with van der Waals surface area (Å²) >= 11 is 1.62. The summed E-state index contributed by atoms with van der Waals surface area (Å²) in [5, 5.41) is 7.04. The van der Waals surface area contributed by atoms with Gasteiger partial charge in [0.15, 0.2) is 0 Å². The van der Waals surface area contributed by atoms with Crippen molar-refractivity contribution in [3.63, 3.8) is 0 Å². The van der Waals surface area contributed by atoms with Gasteiger partial charge in [-0.15, -0.1) is 0 Å². The van der Waals surface area contributed by atoms with Crippen LogP contribution in [0, 0.1) is 0 Å². The number of benzene rings is 1. The van der Waals surface area contributed by atoms with Crippen LogP contribution in [-0.4, -0.2) is 29.7 Å². The van der Waals surface area contributed by atoms with Gasteiger partial charge in [-0.3, -0.25) is 9.36 Å². The predicted molar refractivity (Wildman–Crippen MR) is 96.1 cm³/mol. The zero-order chi connectivity index (χ0) is 17.4. The fourth-order valence-corrected chi connectivity index (χ4v) is 3.84. The zero-order valence-corrected chi connectivity index (χ0v) is 14.7. The summed E-state index contributed by atoms with van der Waals surface area (Å²) in [6.45, 7) is 0. The summed E-state index contributed by atoms with van der Waals surface area (Å²) in [5.41, 5.74) is 2.74. The van der Waals surface area contributed by atoms with Gasteiger partial charge in [-0.05, 0) is 34.5 Å². The number of hydrogen-bond donors (Lipinski definition) is 1. The summed E-state index contributed by atoms with van der Waals surface area (Å²) in [6.07, 6.45) is 2.11. The lowest BCUT2D eigenvalue weighted by Crippen LogP contribution is -2.24. The number of amides is 1. The maximum atomic E-state index is 12.3. The summed E-state index contributed by atoms with van der Waals surface area (Å²) < 4.78 is 12.6. The molecular formula is C18H17N3O3S. The molecule has 0 saturated heterocycles. The topological polar surface area (TPSA) is 65.4 Å². The summed E-state index contributed by atoms with van der Waals surface area (Å²) in [7, 11) is 3.23. The standard InChI is InChI=1S/C18H17N3O3S/c1-23-12-3-4-15(24-2)14(7-12)21-10-19-17-13(11-5-6-25-9-11)8-16(22)20-18(17)21/h3-7,9-10,13H,8H2,1-2H3,(H,20,22)/t13-/m0/s1. The van der Waals surface area contributed by atoms with E-state index in [9.17, 15) is 4.79 Å². The van der Waals surface area contributed by atoms with E-state index in [2.05, 4.69) is 15.7 Å². The van der Waals surface area contributed by atoms with Crippen LogP contribution in [0.5, 0.6) is 11.5 Å². The minimum Gasteiger partial charge on any atom is -0.497 e. The van der Waals surface area contributed by atoms with E-state index in [-0.39, 0.29) is 11.8 Å². The molecule has 0 unspecified atom stereocenters. The van der Waals surface area contributed by atoms with Crippen LogP contribution in [0.25, 0.3) is 5.69 Å². The van der Waals surface area contributed by atoms with E-state index in [0.29, 0.717) is 23.7 Å². The van der Waals surface area contributed by atoms with E-state index in [1.54, 1.807) is 31.9 Å². The number of nitrogens with zero attached hydrogens (tertiary/aromatic N) is 2. The van der Waals surface area contributed by atoms with Crippen molar-refractivity contribution < 1.29 is 14.3 Å². The van der Waals surface area contributed by atoms with E-state index in [1.165, 1.54) is 0 Å². The Morgan fingerprint density at radius 2 is 2.16 bits per heavy atom. The Kier molecular flexibility index (Phi) is 3.93. The van der Waals surface area contributed by atoms with Crippen molar-refractivity contribution in [2.45, 2.75) is 12.3 Å². The van der Waals surface area contributed by atoms with Crippen molar-refractivity contribution >= 4 is 23.1 Å². The number of imidazole rings is 1. The normalized spacial score (nSPS) is 16.2. The number of ether oxygens (including phenoxy) is 2. The van der Waals surface area contributed by atoms with Crippen LogP contribution >= 0.6 is 11.3 Å². The molecule has 6 nitrogen and oxygen atoms in total. The van der Waals surface area contributed by atoms with Crippen LogP contribution in [0.2, 0.25) is 0 Å². The molecule has 0 bridgehead atoms. The first-order valence-corrected chi connectivity index (χ1v) is 8.77. The third-order valence-electron chi connectivity index (χ3n) is 4.36. The fraction of sp³-hybridized carbons (Fsp3) is 0.222. The second-order valence-electron chi connectivity index (χ2n) is 5.75. The average Bonchev–Trinajstić information content (AvgIpc) is 3.30. The molecule has 1 aromatic carbocycles. The molecule has 3 aromatic rings. The average molecular weight is 355 g/mol. The van der Waals surface area contributed by atoms with Gasteiger partial charge in [-0.25, -0.2) is 4.98 Å². The highest BCUT2D eigenvalue weighted by Crippen LogP contribution is 2.39. The van der Waals surface area contributed by atoms with Gasteiger partial charge < -0.3 is 14.8 Å². The van der Waals surface area contributed by atoms with Crippen LogP contribution in [-0.2, 0) is 4.79 Å². The monoisotopic (exact) mass is 355 g/mol. The smallest absolute Gasteiger partial charge is 0.226 e. The molecule has 1 N–H and O–H groups in total. The Bertz CT molecular complexity index is 918. The molecule has 128 valence electrons. The number of thiophene rings is 1. The molecule has 1 aliphatic heterocycles. The van der Waals surface area contributed by atoms with Gasteiger partial charge in [0.25, 0.3) is 0 Å². The number of anilines is 1. The molecular weight excluding hydrogens is 338 g/mol. The minimum atomic E-state index is -0.0344. The van der Waals surface area contributed by atoms with Gasteiger partial charge in [-0.1, -0.05) is 0 Å². The largest absolute Gasteiger partial charge is 0.497 e. The number of carbonyl (C=O) groups excluding carboxylic acids is 1. The van der Waals surface area contributed by atoms with Crippen LogP contribution < -0.4 is 14.8 Å². The third kappa shape index (κ3) is 2.66. The number of carbonyl (C=O) groups is 1. The van der Waals surface area contributed by atoms with Crippen molar-refractivity contribution in [2.75, 3.05) is 19.5 Å². The lowest BCUT2D eigenvalue weighted by Gasteiger charge is -2.23. The summed E-state index contributed by atoms with van der Waals surface area (Å²) in [5.74, 6) is 2.00. The Labute approximate surface area is 149 Å². The van der Waals surface area contributed by atoms with E-state index in [0.717, 1.165) is 16.9 Å². The zero-order valence-electron chi connectivity index (χ0n) is 13.9. The van der Waals surface area contributed by atoms with Crippen LogP contribution in [0.3, 0.4) is 0 Å². The third-order valence-corrected chi connectivity index (χ3v) is 5.07. The van der Waals surface area contributed by atoms with Crippen molar-refractivity contribution in [1.82, 2.24) is 9.55 Å². The van der Waals surface area contributed by atoms with E-state index >= 15 is 0 Å². The van der Waals surface area contributed by atoms with Crippen LogP contribution in [0.4, 0.5) is 5.82 Å². The fourth-order valence-electron chi connectivity index (χ4n) is 3.12. The van der Waals surface area contributed by atoms with Gasteiger partial charge in [0.1, 0.15) is 23.6 Å². The lowest BCUT2D eigenvalue weighted by molar-refractivity contribution is -0.116. The number of methoxy groups -OCH3 is 2. The maximum absolute atomic E-state index is 12.3. The molecule has 0 spiro atoms. The number of aromatic nitrogens is 2. The quantitative estimate of drug-likeness (QED) is 0.779. The summed E-state index contributed by atoms with van der Waals surface area (Å²) in [4.78, 5) is 16.9. The number of rotatable bonds is 4. The van der Waals surface area contributed by atoms with Gasteiger partial charge in [0.2, 0.25) is 5.91 Å². The molecule has 25 heavy (non-hydrogen) atoms. The van der Waals surface area contributed by atoms with E-state index in [4.69, 9.17) is 9.47 Å². The SMILES string of the molecule is COc1ccc(OC)c(-n2cnc3c2NC(=O)C[C@H]3c2ccsc2)c1. The highest BCUT2D eigenvalue weighted by atomic mass is 32.1. The first-order valence-electron chi connectivity index (χ1n) is 7.83. The minimum absolute atomic E-state index is 0.0210. The number of hydrogen-bond acceptors (Lipinski definition) is 5. The van der Waals surface area contributed by atoms with E-state index in [1.807, 2.05) is 34.2 Å². The number of nitrogens with one attached hydrogen (secondary N) is 1. The molecule has 7 heteroatoms. The highest BCUT2D eigenvalue weighted by molar-refractivity contribution is 7.08. The van der Waals surface area contributed by atoms with Gasteiger partial charge in [0.05, 0.1) is 25.6 Å². The molecule has 1 atom stereocenters. The molecule has 4 rings (SSSR count). The van der Waals surface area contributed by atoms with Crippen LogP contribution in [0.1, 0.15) is 23.6 Å². The molecule has 0 radical (unpaired) electrons. The van der Waals surface area contributed by atoms with Crippen molar-refractivity contribution in [3.05, 3.63) is 52.6 Å². The Morgan fingerprint density at radius 3 is 2.88 bits per heavy atom. The molecule has 3 heterocycles. The molecule has 1 aliphatic rings. The first kappa shape index (κ1) is 15.7. The highest BCUT2D eigenvalue weighted by Gasteiger charge is 2.31. The number of fused-ring (bicyclic) bond motifs is 1. The maximum Gasteiger partial charge on any atom is 0.226 e. The summed E-state index contributed by atoms with van der Waals surface area (Å²) in [6, 6.07) is 7.57. The van der Waals surface area contributed by atoms with Crippen molar-refractivity contribution in [3.8, 4) is 17.2 Å². The molecule has 0 saturated carbocycles. The predicted octanol–water partition coefficient (Wildman–Crippen LogP) is 3.43. The Balaban J connectivity index is 1.86. The van der Waals surface area contributed by atoms with Crippen molar-refractivity contribution in [1.29, 1.82) is 0 Å².